The number of carbonyl (C=O) groups is 1. The molecule has 21 heavy (non-hydrogen) atoms. The highest BCUT2D eigenvalue weighted by molar-refractivity contribution is 7.84. The van der Waals surface area contributed by atoms with E-state index in [-0.39, 0.29) is 5.75 Å². The van der Waals surface area contributed by atoms with Crippen LogP contribution in [-0.4, -0.2) is 26.6 Å². The van der Waals surface area contributed by atoms with Gasteiger partial charge in [0.1, 0.15) is 5.56 Å². The Balaban J connectivity index is 2.25. The fourth-order valence-corrected chi connectivity index (χ4v) is 3.28. The third-order valence-corrected chi connectivity index (χ3v) is 4.39. The maximum atomic E-state index is 12.5. The van der Waals surface area contributed by atoms with Gasteiger partial charge in [-0.25, -0.2) is 4.79 Å². The molecule has 0 fully saturated rings. The number of hydrogen-bond acceptors (Lipinski definition) is 4. The fraction of sp³-hybridized carbons (Fsp3) is 0.333. The Morgan fingerprint density at radius 1 is 1.43 bits per heavy atom. The van der Waals surface area contributed by atoms with Gasteiger partial charge in [-0.05, 0) is 31.5 Å². The standard InChI is InChI=1S/C15H18N2O3S/c1-4-20-15(18)13-9-16-17(3)14(13)10-21(19)12-7-5-6-11(2)8-12/h5-9H,4,10H2,1-3H3. The lowest BCUT2D eigenvalue weighted by atomic mass is 10.2. The number of aryl methyl sites for hydroxylation is 2. The van der Waals surface area contributed by atoms with E-state index in [9.17, 15) is 9.00 Å². The highest BCUT2D eigenvalue weighted by Gasteiger charge is 2.19. The molecule has 0 spiro atoms. The molecular formula is C15H18N2O3S. The highest BCUT2D eigenvalue weighted by Crippen LogP contribution is 2.17. The molecule has 0 aliphatic carbocycles. The Morgan fingerprint density at radius 2 is 2.19 bits per heavy atom. The Bertz CT molecular complexity index is 679. The third-order valence-electron chi connectivity index (χ3n) is 3.08. The molecule has 1 aromatic heterocycles. The van der Waals surface area contributed by atoms with Gasteiger partial charge in [-0.2, -0.15) is 5.10 Å². The Morgan fingerprint density at radius 3 is 2.86 bits per heavy atom. The number of esters is 1. The van der Waals surface area contributed by atoms with Crippen LogP contribution in [0.3, 0.4) is 0 Å². The van der Waals surface area contributed by atoms with Crippen LogP contribution in [0.1, 0.15) is 28.5 Å². The molecule has 0 N–H and O–H groups in total. The SMILES string of the molecule is CCOC(=O)c1cnn(C)c1CS(=O)c1cccc(C)c1. The van der Waals surface area contributed by atoms with Crippen LogP contribution in [0.15, 0.2) is 35.4 Å². The van der Waals surface area contributed by atoms with Gasteiger partial charge in [0.05, 0.1) is 35.1 Å². The van der Waals surface area contributed by atoms with Crippen molar-refractivity contribution in [2.75, 3.05) is 6.61 Å². The van der Waals surface area contributed by atoms with Gasteiger partial charge in [0, 0.05) is 11.9 Å². The zero-order valence-electron chi connectivity index (χ0n) is 12.3. The van der Waals surface area contributed by atoms with Crippen molar-refractivity contribution in [1.82, 2.24) is 9.78 Å². The molecule has 2 aromatic rings. The number of aromatic nitrogens is 2. The second-order valence-corrected chi connectivity index (χ2v) is 6.11. The summed E-state index contributed by atoms with van der Waals surface area (Å²) >= 11 is 0. The minimum Gasteiger partial charge on any atom is -0.462 e. The van der Waals surface area contributed by atoms with Crippen molar-refractivity contribution in [3.63, 3.8) is 0 Å². The summed E-state index contributed by atoms with van der Waals surface area (Å²) in [6.45, 7) is 4.00. The van der Waals surface area contributed by atoms with Gasteiger partial charge in [0.2, 0.25) is 0 Å². The molecule has 1 aromatic carbocycles. The Hall–Kier alpha value is -1.95. The lowest BCUT2D eigenvalue weighted by Crippen LogP contribution is -2.11. The average Bonchev–Trinajstić information content (AvgIpc) is 2.80. The topological polar surface area (TPSA) is 61.2 Å². The normalized spacial score (nSPS) is 12.1. The van der Waals surface area contributed by atoms with Crippen molar-refractivity contribution in [2.24, 2.45) is 7.05 Å². The van der Waals surface area contributed by atoms with E-state index in [0.29, 0.717) is 17.9 Å². The first-order valence-electron chi connectivity index (χ1n) is 6.66. The van der Waals surface area contributed by atoms with Gasteiger partial charge in [-0.3, -0.25) is 8.89 Å². The third kappa shape index (κ3) is 3.58. The van der Waals surface area contributed by atoms with E-state index in [2.05, 4.69) is 5.10 Å². The zero-order chi connectivity index (χ0) is 15.4. The summed E-state index contributed by atoms with van der Waals surface area (Å²) in [5, 5.41) is 4.07. The van der Waals surface area contributed by atoms with Gasteiger partial charge in [-0.15, -0.1) is 0 Å². The van der Waals surface area contributed by atoms with Gasteiger partial charge in [-0.1, -0.05) is 12.1 Å². The summed E-state index contributed by atoms with van der Waals surface area (Å²) in [6, 6.07) is 7.53. The predicted molar refractivity (Wildman–Crippen MR) is 80.5 cm³/mol. The van der Waals surface area contributed by atoms with E-state index in [1.807, 2.05) is 31.2 Å². The maximum absolute atomic E-state index is 12.5. The van der Waals surface area contributed by atoms with Gasteiger partial charge in [0.25, 0.3) is 0 Å². The van der Waals surface area contributed by atoms with Crippen molar-refractivity contribution >= 4 is 16.8 Å². The Labute approximate surface area is 126 Å². The van der Waals surface area contributed by atoms with E-state index < -0.39 is 16.8 Å². The highest BCUT2D eigenvalue weighted by atomic mass is 32.2. The molecule has 0 radical (unpaired) electrons. The summed E-state index contributed by atoms with van der Waals surface area (Å²) in [7, 11) is 0.495. The number of ether oxygens (including phenoxy) is 1. The molecule has 2 rings (SSSR count). The second kappa shape index (κ2) is 6.67. The van der Waals surface area contributed by atoms with Crippen molar-refractivity contribution in [3.8, 4) is 0 Å². The summed E-state index contributed by atoms with van der Waals surface area (Å²) in [5.41, 5.74) is 2.05. The van der Waals surface area contributed by atoms with Crippen LogP contribution in [0.4, 0.5) is 0 Å². The summed E-state index contributed by atoms with van der Waals surface area (Å²) < 4.78 is 19.0. The van der Waals surface area contributed by atoms with Crippen molar-refractivity contribution in [1.29, 1.82) is 0 Å². The van der Waals surface area contributed by atoms with E-state index in [1.54, 1.807) is 18.7 Å². The molecule has 5 nitrogen and oxygen atoms in total. The average molecular weight is 306 g/mol. The van der Waals surface area contributed by atoms with Crippen LogP contribution in [0.5, 0.6) is 0 Å². The molecule has 0 aliphatic rings. The van der Waals surface area contributed by atoms with E-state index in [0.717, 1.165) is 10.5 Å². The largest absolute Gasteiger partial charge is 0.462 e. The van der Waals surface area contributed by atoms with Crippen molar-refractivity contribution in [2.45, 2.75) is 24.5 Å². The van der Waals surface area contributed by atoms with Crippen LogP contribution in [0.25, 0.3) is 0 Å². The minimum atomic E-state index is -1.23. The molecule has 0 amide bonds. The summed E-state index contributed by atoms with van der Waals surface area (Å²) in [4.78, 5) is 12.6. The molecule has 6 heteroatoms. The zero-order valence-corrected chi connectivity index (χ0v) is 13.1. The minimum absolute atomic E-state index is 0.230. The smallest absolute Gasteiger partial charge is 0.341 e. The quantitative estimate of drug-likeness (QED) is 0.795. The molecule has 0 bridgehead atoms. The molecule has 0 saturated carbocycles. The van der Waals surface area contributed by atoms with E-state index >= 15 is 0 Å². The molecule has 1 heterocycles. The lowest BCUT2D eigenvalue weighted by Gasteiger charge is -2.07. The van der Waals surface area contributed by atoms with Gasteiger partial charge < -0.3 is 4.74 Å². The van der Waals surface area contributed by atoms with Crippen LogP contribution >= 0.6 is 0 Å². The first-order chi connectivity index (χ1) is 10.0. The first-order valence-corrected chi connectivity index (χ1v) is 7.98. The van der Waals surface area contributed by atoms with Crippen LogP contribution in [0.2, 0.25) is 0 Å². The van der Waals surface area contributed by atoms with Crippen LogP contribution < -0.4 is 0 Å². The fourth-order valence-electron chi connectivity index (χ4n) is 1.98. The molecule has 112 valence electrons. The molecular weight excluding hydrogens is 288 g/mol. The number of benzene rings is 1. The molecule has 0 aliphatic heterocycles. The monoisotopic (exact) mass is 306 g/mol. The van der Waals surface area contributed by atoms with Gasteiger partial charge in [0.15, 0.2) is 0 Å². The van der Waals surface area contributed by atoms with Crippen molar-refractivity contribution in [3.05, 3.63) is 47.3 Å². The van der Waals surface area contributed by atoms with Crippen molar-refractivity contribution < 1.29 is 13.7 Å². The second-order valence-electron chi connectivity index (χ2n) is 4.66. The molecule has 1 atom stereocenters. The lowest BCUT2D eigenvalue weighted by molar-refractivity contribution is 0.0525. The van der Waals surface area contributed by atoms with Gasteiger partial charge >= 0.3 is 5.97 Å². The number of nitrogens with zero attached hydrogens (tertiary/aromatic N) is 2. The molecule has 0 saturated heterocycles. The van der Waals surface area contributed by atoms with Crippen LogP contribution in [0, 0.1) is 6.92 Å². The number of rotatable bonds is 5. The summed E-state index contributed by atoms with van der Waals surface area (Å²) in [6.07, 6.45) is 1.46. The number of hydrogen-bond donors (Lipinski definition) is 0. The first kappa shape index (κ1) is 15.4. The van der Waals surface area contributed by atoms with E-state index in [1.165, 1.54) is 6.20 Å². The molecule has 1 unspecified atom stereocenters. The van der Waals surface area contributed by atoms with Crippen LogP contribution in [-0.2, 0) is 28.3 Å². The predicted octanol–water partition coefficient (Wildman–Crippen LogP) is 2.21. The summed E-state index contributed by atoms with van der Waals surface area (Å²) in [5.74, 6) is -0.199. The Kier molecular flexibility index (Phi) is 4.90. The number of carbonyl (C=O) groups excluding carboxylic acids is 1. The van der Waals surface area contributed by atoms with E-state index in [4.69, 9.17) is 4.74 Å². The maximum Gasteiger partial charge on any atom is 0.341 e.